The van der Waals surface area contributed by atoms with Gasteiger partial charge in [-0.2, -0.15) is 5.26 Å². The van der Waals surface area contributed by atoms with Crippen LogP contribution in [0.1, 0.15) is 27.7 Å². The lowest BCUT2D eigenvalue weighted by molar-refractivity contribution is -0.132. The summed E-state index contributed by atoms with van der Waals surface area (Å²) in [5.74, 6) is -1.46. The van der Waals surface area contributed by atoms with E-state index in [-0.39, 0.29) is 11.5 Å². The van der Waals surface area contributed by atoms with Crippen LogP contribution in [0.15, 0.2) is 115 Å². The summed E-state index contributed by atoms with van der Waals surface area (Å²) >= 11 is 0. The molecule has 220 valence electrons. The number of benzene rings is 7. The molecule has 46 heavy (non-hydrogen) atoms. The lowest BCUT2D eigenvalue weighted by Crippen LogP contribution is -2.34. The maximum absolute atomic E-state index is 13.2. The Balaban J connectivity index is 1.39. The lowest BCUT2D eigenvalue weighted by Gasteiger charge is -2.32. The van der Waals surface area contributed by atoms with E-state index < -0.39 is 12.2 Å². The van der Waals surface area contributed by atoms with Crippen LogP contribution < -0.4 is 4.90 Å². The molecule has 0 bridgehead atoms. The van der Waals surface area contributed by atoms with E-state index in [0.29, 0.717) is 11.1 Å². The molecule has 0 saturated heterocycles. The second-order valence-corrected chi connectivity index (χ2v) is 11.5. The quantitative estimate of drug-likeness (QED) is 0.0893. The van der Waals surface area contributed by atoms with Crippen LogP contribution >= 0.6 is 0 Å². The third kappa shape index (κ3) is 3.88. The van der Waals surface area contributed by atoms with E-state index in [1.165, 1.54) is 11.0 Å². The Morgan fingerprint density at radius 3 is 2.11 bits per heavy atom. The number of carboxylic acids is 1. The number of fused-ring (bicyclic) bond motifs is 2. The summed E-state index contributed by atoms with van der Waals surface area (Å²) in [7, 11) is 1.62. The van der Waals surface area contributed by atoms with E-state index >= 15 is 0 Å². The van der Waals surface area contributed by atoms with Crippen LogP contribution in [0.4, 0.5) is 17.1 Å². The zero-order valence-electron chi connectivity index (χ0n) is 24.6. The smallest absolute Gasteiger partial charge is 0.346 e. The van der Waals surface area contributed by atoms with E-state index in [1.54, 1.807) is 25.2 Å². The van der Waals surface area contributed by atoms with Gasteiger partial charge in [0.1, 0.15) is 11.6 Å². The Morgan fingerprint density at radius 1 is 0.761 bits per heavy atom. The number of carboxylic acid groups (broad SMARTS) is 1. The van der Waals surface area contributed by atoms with Crippen molar-refractivity contribution in [2.45, 2.75) is 6.23 Å². The fraction of sp³-hybridized carbons (Fsp3) is 0.0513. The predicted octanol–water partition coefficient (Wildman–Crippen LogP) is 8.28. The third-order valence-electron chi connectivity index (χ3n) is 9.06. The van der Waals surface area contributed by atoms with Crippen molar-refractivity contribution in [1.29, 1.82) is 5.26 Å². The largest absolute Gasteiger partial charge is 0.477 e. The van der Waals surface area contributed by atoms with E-state index in [9.17, 15) is 25.1 Å². The highest BCUT2D eigenvalue weighted by Gasteiger charge is 2.32. The fourth-order valence-electron chi connectivity index (χ4n) is 6.94. The Bertz CT molecular complexity index is 2440. The van der Waals surface area contributed by atoms with Gasteiger partial charge in [-0.05, 0) is 80.4 Å². The van der Waals surface area contributed by atoms with Gasteiger partial charge in [-0.1, -0.05) is 72.8 Å². The van der Waals surface area contributed by atoms with Crippen molar-refractivity contribution in [3.05, 3.63) is 131 Å². The van der Waals surface area contributed by atoms with Crippen molar-refractivity contribution in [3.63, 3.8) is 0 Å². The molecule has 1 aliphatic rings. The molecule has 1 amide bonds. The van der Waals surface area contributed by atoms with Crippen molar-refractivity contribution in [3.8, 4) is 6.07 Å². The maximum Gasteiger partial charge on any atom is 0.346 e. The number of rotatable bonds is 5. The highest BCUT2D eigenvalue weighted by molar-refractivity contribution is 6.36. The monoisotopic (exact) mass is 599 g/mol. The summed E-state index contributed by atoms with van der Waals surface area (Å²) < 4.78 is 0. The lowest BCUT2D eigenvalue weighted by atomic mass is 9.84. The number of amides is 1. The average molecular weight is 600 g/mol. The van der Waals surface area contributed by atoms with Crippen molar-refractivity contribution >= 4 is 78.1 Å². The minimum atomic E-state index is -1.27. The molecule has 1 heterocycles. The number of nitrogens with zero attached hydrogens (tertiary/aromatic N) is 3. The van der Waals surface area contributed by atoms with Gasteiger partial charge in [0.25, 0.3) is 5.91 Å². The number of carbonyl (C=O) groups is 2. The van der Waals surface area contributed by atoms with Gasteiger partial charge in [-0.25, -0.2) is 4.79 Å². The average Bonchev–Trinajstić information content (AvgIpc) is 3.09. The molecule has 7 nitrogen and oxygen atoms in total. The molecule has 0 aromatic heterocycles. The molecule has 7 aromatic carbocycles. The first-order valence-electron chi connectivity index (χ1n) is 14.8. The Kier molecular flexibility index (Phi) is 6.04. The van der Waals surface area contributed by atoms with Crippen LogP contribution in [0.2, 0.25) is 0 Å². The summed E-state index contributed by atoms with van der Waals surface area (Å²) in [5.41, 5.74) is 4.37. The molecule has 7 heteroatoms. The summed E-state index contributed by atoms with van der Waals surface area (Å²) in [6.07, 6.45) is 0.348. The number of aliphatic carboxylic acids is 1. The van der Waals surface area contributed by atoms with E-state index in [1.807, 2.05) is 66.7 Å². The first kappa shape index (κ1) is 27.3. The van der Waals surface area contributed by atoms with Crippen LogP contribution in [0.25, 0.3) is 49.2 Å². The first-order valence-corrected chi connectivity index (χ1v) is 14.8. The molecule has 0 spiro atoms. The molecule has 0 radical (unpaired) electrons. The van der Waals surface area contributed by atoms with Gasteiger partial charge in [0.2, 0.25) is 0 Å². The molecular weight excluding hydrogens is 574 g/mol. The summed E-state index contributed by atoms with van der Waals surface area (Å²) in [5, 5.41) is 37.6. The van der Waals surface area contributed by atoms with Gasteiger partial charge < -0.3 is 20.0 Å². The molecule has 0 saturated carbocycles. The number of aliphatic hydroxyl groups is 1. The number of aliphatic hydroxyl groups excluding tert-OH is 1. The SMILES string of the molecule is CN1C(=O)c2ccc3c4ccc(N(c5ccccc5)c5ccc(/C=C(\C#N)C(=O)O)cc5)c5cccc(c6ccc(c2c36)C1O)c54. The number of nitriles is 1. The van der Waals surface area contributed by atoms with Crippen molar-refractivity contribution < 1.29 is 19.8 Å². The molecule has 1 aliphatic heterocycles. The van der Waals surface area contributed by atoms with Crippen molar-refractivity contribution in [2.24, 2.45) is 0 Å². The molecule has 7 aromatic rings. The topological polar surface area (TPSA) is 105 Å². The number of carbonyl (C=O) groups excluding carboxylic acids is 1. The minimum Gasteiger partial charge on any atom is -0.477 e. The zero-order valence-corrected chi connectivity index (χ0v) is 24.6. The number of hydrogen-bond acceptors (Lipinski definition) is 5. The summed E-state index contributed by atoms with van der Waals surface area (Å²) in [4.78, 5) is 28.1. The minimum absolute atomic E-state index is 0.199. The molecule has 0 fully saturated rings. The van der Waals surface area contributed by atoms with E-state index in [4.69, 9.17) is 0 Å². The number of anilines is 3. The Morgan fingerprint density at radius 2 is 1.39 bits per heavy atom. The van der Waals surface area contributed by atoms with Crippen LogP contribution in [-0.2, 0) is 4.79 Å². The molecule has 8 rings (SSSR count). The van der Waals surface area contributed by atoms with Gasteiger partial charge in [0, 0.05) is 40.3 Å². The molecule has 1 unspecified atom stereocenters. The van der Waals surface area contributed by atoms with Gasteiger partial charge in [-0.3, -0.25) is 4.79 Å². The second-order valence-electron chi connectivity index (χ2n) is 11.5. The van der Waals surface area contributed by atoms with Crippen LogP contribution in [0, 0.1) is 11.3 Å². The Labute approximate surface area is 263 Å². The van der Waals surface area contributed by atoms with Crippen LogP contribution in [-0.4, -0.2) is 34.0 Å². The molecule has 2 N–H and O–H groups in total. The van der Waals surface area contributed by atoms with Crippen LogP contribution in [0.5, 0.6) is 0 Å². The highest BCUT2D eigenvalue weighted by Crippen LogP contribution is 2.48. The number of para-hydroxylation sites is 1. The zero-order chi connectivity index (χ0) is 31.7. The first-order chi connectivity index (χ1) is 22.4. The maximum atomic E-state index is 13.2. The van der Waals surface area contributed by atoms with E-state index in [2.05, 4.69) is 35.2 Å². The fourth-order valence-corrected chi connectivity index (χ4v) is 6.94. The predicted molar refractivity (Wildman–Crippen MR) is 181 cm³/mol. The van der Waals surface area contributed by atoms with Gasteiger partial charge in [0.15, 0.2) is 6.23 Å². The molecule has 1 atom stereocenters. The standard InChI is InChI=1S/C39H25N3O4/c1-41-37(43)31-16-14-28-26-8-5-9-30-33(19-18-27(34(26)30)29-15-17-32(38(41)44)36(31)35(28)29)42(24-6-3-2-4-7-24)25-12-10-22(11-13-25)20-23(21-40)39(45)46/h2-20,37,43H,1H3,(H,45,46)/b23-20+. The highest BCUT2D eigenvalue weighted by atomic mass is 16.4. The third-order valence-corrected chi connectivity index (χ3v) is 9.06. The normalized spacial score (nSPS) is 14.8. The Hall–Kier alpha value is -6.23. The van der Waals surface area contributed by atoms with Crippen molar-refractivity contribution in [1.82, 2.24) is 4.90 Å². The second kappa shape index (κ2) is 10.2. The van der Waals surface area contributed by atoms with Gasteiger partial charge in [0.05, 0.1) is 5.69 Å². The molecular formula is C39H25N3O4. The van der Waals surface area contributed by atoms with Gasteiger partial charge >= 0.3 is 5.97 Å². The van der Waals surface area contributed by atoms with Gasteiger partial charge in [-0.15, -0.1) is 0 Å². The summed E-state index contributed by atoms with van der Waals surface area (Å²) in [6.45, 7) is 0. The molecule has 0 aliphatic carbocycles. The van der Waals surface area contributed by atoms with Crippen LogP contribution in [0.3, 0.4) is 0 Å². The summed E-state index contributed by atoms with van der Waals surface area (Å²) in [6, 6.07) is 37.6. The van der Waals surface area contributed by atoms with Crippen molar-refractivity contribution in [2.75, 3.05) is 11.9 Å². The van der Waals surface area contributed by atoms with E-state index in [0.717, 1.165) is 65.7 Å². The number of hydrogen-bond donors (Lipinski definition) is 2.